The van der Waals surface area contributed by atoms with Gasteiger partial charge in [-0.3, -0.25) is 4.79 Å². The quantitative estimate of drug-likeness (QED) is 0.816. The molecule has 0 radical (unpaired) electrons. The van der Waals surface area contributed by atoms with Crippen LogP contribution in [0.3, 0.4) is 0 Å². The predicted molar refractivity (Wildman–Crippen MR) is 56.6 cm³/mol. The highest BCUT2D eigenvalue weighted by Gasteiger charge is 2.06. The topological polar surface area (TPSA) is 50.2 Å². The number of hydrogen-bond acceptors (Lipinski definition) is 3. The molecule has 0 bridgehead atoms. The first kappa shape index (κ1) is 11.2. The maximum Gasteiger partial charge on any atom is 0.309 e. The third kappa shape index (κ3) is 3.87. The molecule has 0 saturated heterocycles. The summed E-state index contributed by atoms with van der Waals surface area (Å²) in [6, 6.07) is 0. The Hall–Kier alpha value is -0.900. The van der Waals surface area contributed by atoms with Gasteiger partial charge in [0, 0.05) is 5.38 Å². The summed E-state index contributed by atoms with van der Waals surface area (Å²) >= 11 is 1.56. The Labute approximate surface area is 87.8 Å². The van der Waals surface area contributed by atoms with E-state index in [0.29, 0.717) is 11.6 Å². The number of thiazole rings is 1. The molecular weight excluding hydrogens is 198 g/mol. The van der Waals surface area contributed by atoms with E-state index in [2.05, 4.69) is 18.8 Å². The summed E-state index contributed by atoms with van der Waals surface area (Å²) in [6.07, 6.45) is 2.11. The fourth-order valence-corrected chi connectivity index (χ4v) is 1.93. The number of carboxylic acid groups (broad SMARTS) is 1. The van der Waals surface area contributed by atoms with E-state index < -0.39 is 5.97 Å². The van der Waals surface area contributed by atoms with Crippen molar-refractivity contribution in [2.75, 3.05) is 0 Å². The molecule has 0 fully saturated rings. The van der Waals surface area contributed by atoms with E-state index in [4.69, 9.17) is 5.11 Å². The first-order valence-corrected chi connectivity index (χ1v) is 5.61. The smallest absolute Gasteiger partial charge is 0.309 e. The lowest BCUT2D eigenvalue weighted by atomic mass is 10.1. The monoisotopic (exact) mass is 213 g/mol. The van der Waals surface area contributed by atoms with Crippen molar-refractivity contribution in [1.82, 2.24) is 4.98 Å². The van der Waals surface area contributed by atoms with Crippen molar-refractivity contribution in [3.05, 3.63) is 16.1 Å². The van der Waals surface area contributed by atoms with Crippen molar-refractivity contribution in [3.63, 3.8) is 0 Å². The lowest BCUT2D eigenvalue weighted by Crippen LogP contribution is -2.00. The molecule has 0 amide bonds. The number of carboxylic acids is 1. The van der Waals surface area contributed by atoms with E-state index in [-0.39, 0.29) is 6.42 Å². The molecule has 0 aliphatic heterocycles. The number of rotatable bonds is 5. The summed E-state index contributed by atoms with van der Waals surface area (Å²) in [5, 5.41) is 11.4. The zero-order valence-electron chi connectivity index (χ0n) is 8.49. The van der Waals surface area contributed by atoms with Crippen molar-refractivity contribution in [2.24, 2.45) is 5.92 Å². The number of aromatic nitrogens is 1. The molecule has 0 atom stereocenters. The Kier molecular flexibility index (Phi) is 4.07. The van der Waals surface area contributed by atoms with Crippen LogP contribution in [-0.2, 0) is 17.6 Å². The van der Waals surface area contributed by atoms with Crippen molar-refractivity contribution < 1.29 is 9.90 Å². The zero-order valence-corrected chi connectivity index (χ0v) is 9.30. The van der Waals surface area contributed by atoms with Crippen LogP contribution in [0.15, 0.2) is 5.38 Å². The van der Waals surface area contributed by atoms with Crippen LogP contribution in [0, 0.1) is 5.92 Å². The molecule has 0 aliphatic carbocycles. The van der Waals surface area contributed by atoms with E-state index in [1.165, 1.54) is 0 Å². The van der Waals surface area contributed by atoms with Gasteiger partial charge in [-0.25, -0.2) is 4.98 Å². The van der Waals surface area contributed by atoms with Crippen molar-refractivity contribution in [3.8, 4) is 0 Å². The van der Waals surface area contributed by atoms with Gasteiger partial charge in [0.25, 0.3) is 0 Å². The van der Waals surface area contributed by atoms with Crippen LogP contribution in [0.2, 0.25) is 0 Å². The maximum absolute atomic E-state index is 10.4. The van der Waals surface area contributed by atoms with E-state index in [1.54, 1.807) is 11.3 Å². The van der Waals surface area contributed by atoms with Gasteiger partial charge in [0.15, 0.2) is 0 Å². The summed E-state index contributed by atoms with van der Waals surface area (Å²) in [7, 11) is 0. The minimum Gasteiger partial charge on any atom is -0.481 e. The third-order valence-corrected chi connectivity index (χ3v) is 2.82. The molecule has 1 aromatic heterocycles. The van der Waals surface area contributed by atoms with Gasteiger partial charge in [-0.1, -0.05) is 13.8 Å². The standard InChI is InChI=1S/C10H15NO2S/c1-7(2)3-4-9-11-8(6-14-9)5-10(12)13/h6-7H,3-5H2,1-2H3,(H,12,13). The van der Waals surface area contributed by atoms with E-state index in [1.807, 2.05) is 5.38 Å². The highest BCUT2D eigenvalue weighted by molar-refractivity contribution is 7.09. The summed E-state index contributed by atoms with van der Waals surface area (Å²) < 4.78 is 0. The maximum atomic E-state index is 10.4. The number of aliphatic carboxylic acids is 1. The Morgan fingerprint density at radius 2 is 2.36 bits per heavy atom. The van der Waals surface area contributed by atoms with Gasteiger partial charge >= 0.3 is 5.97 Å². The molecule has 1 rings (SSSR count). The largest absolute Gasteiger partial charge is 0.481 e. The molecule has 0 aromatic carbocycles. The summed E-state index contributed by atoms with van der Waals surface area (Å²) in [5.41, 5.74) is 0.682. The van der Waals surface area contributed by atoms with Crippen LogP contribution in [0.1, 0.15) is 31.0 Å². The van der Waals surface area contributed by atoms with Gasteiger partial charge in [-0.2, -0.15) is 0 Å². The fraction of sp³-hybridized carbons (Fsp3) is 0.600. The van der Waals surface area contributed by atoms with Crippen molar-refractivity contribution in [1.29, 1.82) is 0 Å². The first-order valence-electron chi connectivity index (χ1n) is 4.73. The molecule has 1 heterocycles. The van der Waals surface area contributed by atoms with Crippen LogP contribution >= 0.6 is 11.3 Å². The number of nitrogens with zero attached hydrogens (tertiary/aromatic N) is 1. The third-order valence-electron chi connectivity index (χ3n) is 1.87. The molecule has 0 unspecified atom stereocenters. The van der Waals surface area contributed by atoms with Crippen molar-refractivity contribution in [2.45, 2.75) is 33.1 Å². The van der Waals surface area contributed by atoms with Crippen LogP contribution in [-0.4, -0.2) is 16.1 Å². The SMILES string of the molecule is CC(C)CCc1nc(CC(=O)O)cs1. The van der Waals surface area contributed by atoms with Crippen LogP contribution < -0.4 is 0 Å². The molecule has 1 aromatic rings. The molecule has 0 spiro atoms. The van der Waals surface area contributed by atoms with Crippen molar-refractivity contribution >= 4 is 17.3 Å². The predicted octanol–water partition coefficient (Wildman–Crippen LogP) is 2.36. The van der Waals surface area contributed by atoms with Gasteiger partial charge in [0.05, 0.1) is 17.1 Å². The Morgan fingerprint density at radius 3 is 2.93 bits per heavy atom. The minimum atomic E-state index is -0.814. The Bertz CT molecular complexity index is 307. The number of carbonyl (C=O) groups is 1. The Morgan fingerprint density at radius 1 is 1.64 bits per heavy atom. The molecule has 14 heavy (non-hydrogen) atoms. The van der Waals surface area contributed by atoms with Crippen LogP contribution in [0.25, 0.3) is 0 Å². The van der Waals surface area contributed by atoms with Crippen LogP contribution in [0.5, 0.6) is 0 Å². The second-order valence-corrected chi connectivity index (χ2v) is 4.68. The van der Waals surface area contributed by atoms with Gasteiger partial charge in [0.2, 0.25) is 0 Å². The summed E-state index contributed by atoms with van der Waals surface area (Å²) in [5.74, 6) is -0.146. The Balaban J connectivity index is 2.46. The minimum absolute atomic E-state index is 0.0399. The first-order chi connectivity index (χ1) is 6.58. The second kappa shape index (κ2) is 5.10. The molecule has 3 nitrogen and oxygen atoms in total. The molecule has 4 heteroatoms. The summed E-state index contributed by atoms with van der Waals surface area (Å²) in [4.78, 5) is 14.7. The van der Waals surface area contributed by atoms with Gasteiger partial charge < -0.3 is 5.11 Å². The highest BCUT2D eigenvalue weighted by atomic mass is 32.1. The lowest BCUT2D eigenvalue weighted by Gasteiger charge is -2.00. The van der Waals surface area contributed by atoms with Gasteiger partial charge in [-0.05, 0) is 18.8 Å². The molecule has 78 valence electrons. The highest BCUT2D eigenvalue weighted by Crippen LogP contribution is 2.14. The normalized spacial score (nSPS) is 10.8. The fourth-order valence-electron chi connectivity index (χ4n) is 1.11. The zero-order chi connectivity index (χ0) is 10.6. The average Bonchev–Trinajstić information content (AvgIpc) is 2.47. The molecular formula is C10H15NO2S. The van der Waals surface area contributed by atoms with E-state index >= 15 is 0 Å². The molecule has 1 N–H and O–H groups in total. The van der Waals surface area contributed by atoms with E-state index in [9.17, 15) is 4.79 Å². The van der Waals surface area contributed by atoms with Gasteiger partial charge in [0.1, 0.15) is 0 Å². The van der Waals surface area contributed by atoms with Crippen LogP contribution in [0.4, 0.5) is 0 Å². The molecule has 0 saturated carbocycles. The number of aryl methyl sites for hydroxylation is 1. The molecule has 0 aliphatic rings. The van der Waals surface area contributed by atoms with Gasteiger partial charge in [-0.15, -0.1) is 11.3 Å². The lowest BCUT2D eigenvalue weighted by molar-refractivity contribution is -0.136. The average molecular weight is 213 g/mol. The summed E-state index contributed by atoms with van der Waals surface area (Å²) in [6.45, 7) is 4.34. The second-order valence-electron chi connectivity index (χ2n) is 3.74. The number of hydrogen-bond donors (Lipinski definition) is 1. The van der Waals surface area contributed by atoms with E-state index in [0.717, 1.165) is 17.8 Å².